The van der Waals surface area contributed by atoms with Crippen molar-refractivity contribution in [2.24, 2.45) is 0 Å². The van der Waals surface area contributed by atoms with E-state index in [9.17, 15) is 0 Å². The van der Waals surface area contributed by atoms with E-state index in [0.717, 1.165) is 30.4 Å². The van der Waals surface area contributed by atoms with Crippen LogP contribution in [0.3, 0.4) is 0 Å². The number of hydrogen-bond acceptors (Lipinski definition) is 1. The highest BCUT2D eigenvalue weighted by molar-refractivity contribution is 6.12. The molecule has 0 fully saturated rings. The van der Waals surface area contributed by atoms with E-state index in [1.165, 1.54) is 38.2 Å². The van der Waals surface area contributed by atoms with Crippen molar-refractivity contribution in [2.75, 3.05) is 0 Å². The Morgan fingerprint density at radius 3 is 2.33 bits per heavy atom. The van der Waals surface area contributed by atoms with Gasteiger partial charge in [0, 0.05) is 22.8 Å². The van der Waals surface area contributed by atoms with E-state index in [1.807, 2.05) is 0 Å². The lowest BCUT2D eigenvalue weighted by Gasteiger charge is -2.06. The Bertz CT molecular complexity index is 1250. The van der Waals surface area contributed by atoms with Crippen molar-refractivity contribution in [1.29, 1.82) is 0 Å². The maximum Gasteiger partial charge on any atom is 0.139 e. The third-order valence-corrected chi connectivity index (χ3v) is 5.43. The van der Waals surface area contributed by atoms with Gasteiger partial charge in [-0.15, -0.1) is 0 Å². The Kier molecular flexibility index (Phi) is 3.94. The molecular formula is C26H22O. The largest absolute Gasteiger partial charge is 0.455 e. The molecule has 0 unspecified atom stereocenters. The van der Waals surface area contributed by atoms with Gasteiger partial charge in [0.1, 0.15) is 11.2 Å². The first-order chi connectivity index (χ1) is 13.3. The molecule has 0 N–H and O–H groups in total. The number of aryl methyl sites for hydroxylation is 1. The van der Waals surface area contributed by atoms with Crippen LogP contribution in [-0.4, -0.2) is 0 Å². The molecule has 0 radical (unpaired) electrons. The van der Waals surface area contributed by atoms with Crippen LogP contribution in [0.25, 0.3) is 32.7 Å². The summed E-state index contributed by atoms with van der Waals surface area (Å²) in [5, 5.41) is 5.07. The second-order valence-electron chi connectivity index (χ2n) is 7.26. The molecule has 0 aliphatic rings. The molecule has 0 saturated heterocycles. The first kappa shape index (κ1) is 16.1. The molecule has 0 amide bonds. The number of hydrogen-bond donors (Lipinski definition) is 0. The van der Waals surface area contributed by atoms with Crippen LogP contribution in [0, 0.1) is 0 Å². The monoisotopic (exact) mass is 350 g/mol. The Labute approximate surface area is 159 Å². The van der Waals surface area contributed by atoms with Gasteiger partial charge in [0.25, 0.3) is 0 Å². The van der Waals surface area contributed by atoms with Gasteiger partial charge in [-0.1, -0.05) is 86.1 Å². The fourth-order valence-corrected chi connectivity index (χ4v) is 4.19. The van der Waals surface area contributed by atoms with Crippen molar-refractivity contribution < 1.29 is 4.42 Å². The SMILES string of the molecule is CCCc1c2ccccc2cc2c1oc1c(Cc3ccccc3)cccc12. The van der Waals surface area contributed by atoms with E-state index in [2.05, 4.69) is 85.8 Å². The highest BCUT2D eigenvalue weighted by Crippen LogP contribution is 2.38. The van der Waals surface area contributed by atoms with Crippen molar-refractivity contribution >= 4 is 32.7 Å². The van der Waals surface area contributed by atoms with Crippen LogP contribution >= 0.6 is 0 Å². The number of furan rings is 1. The number of para-hydroxylation sites is 1. The molecule has 1 nitrogen and oxygen atoms in total. The minimum absolute atomic E-state index is 0.890. The molecule has 0 aliphatic carbocycles. The van der Waals surface area contributed by atoms with Crippen LogP contribution in [0.15, 0.2) is 83.3 Å². The lowest BCUT2D eigenvalue weighted by molar-refractivity contribution is 0.657. The lowest BCUT2D eigenvalue weighted by atomic mass is 9.97. The van der Waals surface area contributed by atoms with Crippen molar-refractivity contribution in [3.63, 3.8) is 0 Å². The van der Waals surface area contributed by atoms with Gasteiger partial charge in [-0.2, -0.15) is 0 Å². The average molecular weight is 350 g/mol. The van der Waals surface area contributed by atoms with Gasteiger partial charge in [0.15, 0.2) is 0 Å². The molecule has 1 heteroatoms. The summed E-state index contributed by atoms with van der Waals surface area (Å²) in [6.45, 7) is 2.23. The quantitative estimate of drug-likeness (QED) is 0.332. The third kappa shape index (κ3) is 2.71. The molecule has 5 rings (SSSR count). The molecule has 1 aromatic heterocycles. The Morgan fingerprint density at radius 2 is 1.48 bits per heavy atom. The summed E-state index contributed by atoms with van der Waals surface area (Å²) in [5.74, 6) is 0. The zero-order valence-electron chi connectivity index (χ0n) is 15.5. The second-order valence-corrected chi connectivity index (χ2v) is 7.26. The first-order valence-corrected chi connectivity index (χ1v) is 9.74. The normalized spacial score (nSPS) is 11.6. The third-order valence-electron chi connectivity index (χ3n) is 5.43. The molecule has 0 aliphatic heterocycles. The van der Waals surface area contributed by atoms with Gasteiger partial charge in [-0.25, -0.2) is 0 Å². The lowest BCUT2D eigenvalue weighted by Crippen LogP contribution is -1.87. The second kappa shape index (κ2) is 6.59. The molecule has 0 atom stereocenters. The van der Waals surface area contributed by atoms with Gasteiger partial charge in [0.05, 0.1) is 0 Å². The minimum atomic E-state index is 0.890. The zero-order chi connectivity index (χ0) is 18.2. The van der Waals surface area contributed by atoms with Crippen molar-refractivity contribution in [1.82, 2.24) is 0 Å². The van der Waals surface area contributed by atoms with Gasteiger partial charge < -0.3 is 4.42 Å². The predicted octanol–water partition coefficient (Wildman–Crippen LogP) is 7.28. The highest BCUT2D eigenvalue weighted by atomic mass is 16.3. The van der Waals surface area contributed by atoms with Gasteiger partial charge >= 0.3 is 0 Å². The molecule has 5 aromatic rings. The Morgan fingerprint density at radius 1 is 0.704 bits per heavy atom. The molecule has 0 spiro atoms. The molecule has 1 heterocycles. The molecule has 0 saturated carbocycles. The van der Waals surface area contributed by atoms with Crippen LogP contribution in [0.5, 0.6) is 0 Å². The van der Waals surface area contributed by atoms with Crippen LogP contribution in [0.1, 0.15) is 30.0 Å². The maximum absolute atomic E-state index is 6.55. The number of benzene rings is 4. The summed E-state index contributed by atoms with van der Waals surface area (Å²) in [6, 6.07) is 28.1. The summed E-state index contributed by atoms with van der Waals surface area (Å²) in [4.78, 5) is 0. The molecule has 132 valence electrons. The molecular weight excluding hydrogens is 328 g/mol. The van der Waals surface area contributed by atoms with Crippen LogP contribution in [0.4, 0.5) is 0 Å². The zero-order valence-corrected chi connectivity index (χ0v) is 15.5. The highest BCUT2D eigenvalue weighted by Gasteiger charge is 2.16. The summed E-state index contributed by atoms with van der Waals surface area (Å²) >= 11 is 0. The number of fused-ring (bicyclic) bond motifs is 4. The van der Waals surface area contributed by atoms with Gasteiger partial charge in [0.2, 0.25) is 0 Å². The van der Waals surface area contributed by atoms with E-state index in [0.29, 0.717) is 0 Å². The van der Waals surface area contributed by atoms with Gasteiger partial charge in [-0.3, -0.25) is 0 Å². The molecule has 27 heavy (non-hydrogen) atoms. The van der Waals surface area contributed by atoms with Crippen LogP contribution < -0.4 is 0 Å². The van der Waals surface area contributed by atoms with E-state index in [-0.39, 0.29) is 0 Å². The van der Waals surface area contributed by atoms with E-state index >= 15 is 0 Å². The molecule has 0 bridgehead atoms. The van der Waals surface area contributed by atoms with E-state index in [1.54, 1.807) is 0 Å². The number of rotatable bonds is 4. The summed E-state index contributed by atoms with van der Waals surface area (Å²) in [5.41, 5.74) is 5.99. The van der Waals surface area contributed by atoms with Crippen molar-refractivity contribution in [3.05, 3.63) is 95.6 Å². The maximum atomic E-state index is 6.55. The predicted molar refractivity (Wildman–Crippen MR) is 114 cm³/mol. The standard InChI is InChI=1S/C26H22O/c1-2-9-22-21-14-7-6-12-19(21)17-24-23-15-8-13-20(25(23)27-26(22)24)16-18-10-4-3-5-11-18/h3-8,10-15,17H,2,9,16H2,1H3. The fourth-order valence-electron chi connectivity index (χ4n) is 4.19. The Hall–Kier alpha value is -3.06. The van der Waals surface area contributed by atoms with Gasteiger partial charge in [-0.05, 0) is 34.4 Å². The minimum Gasteiger partial charge on any atom is -0.455 e. The van der Waals surface area contributed by atoms with Crippen LogP contribution in [-0.2, 0) is 12.8 Å². The Balaban J connectivity index is 1.80. The van der Waals surface area contributed by atoms with Crippen LogP contribution in [0.2, 0.25) is 0 Å². The summed E-state index contributed by atoms with van der Waals surface area (Å²) in [7, 11) is 0. The fraction of sp³-hybridized carbons (Fsp3) is 0.154. The topological polar surface area (TPSA) is 13.1 Å². The van der Waals surface area contributed by atoms with E-state index in [4.69, 9.17) is 4.42 Å². The van der Waals surface area contributed by atoms with Crippen molar-refractivity contribution in [2.45, 2.75) is 26.2 Å². The van der Waals surface area contributed by atoms with E-state index < -0.39 is 0 Å². The smallest absolute Gasteiger partial charge is 0.139 e. The average Bonchev–Trinajstić information content (AvgIpc) is 3.08. The summed E-state index contributed by atoms with van der Waals surface area (Å²) in [6.07, 6.45) is 3.03. The summed E-state index contributed by atoms with van der Waals surface area (Å²) < 4.78 is 6.55. The van der Waals surface area contributed by atoms with Crippen molar-refractivity contribution in [3.8, 4) is 0 Å². The first-order valence-electron chi connectivity index (χ1n) is 9.74. The molecule has 4 aromatic carbocycles.